The molecular weight excluding hydrogens is 281 g/mol. The van der Waals surface area contributed by atoms with Gasteiger partial charge in [0, 0.05) is 13.0 Å². The van der Waals surface area contributed by atoms with Gasteiger partial charge in [0.05, 0.1) is 5.75 Å². The van der Waals surface area contributed by atoms with Gasteiger partial charge in [-0.3, -0.25) is 0 Å². The zero-order valence-corrected chi connectivity index (χ0v) is 11.1. The third-order valence-electron chi connectivity index (χ3n) is 1.80. The number of hydrogen-bond donors (Lipinski definition) is 2. The maximum absolute atomic E-state index is 11.8. The summed E-state index contributed by atoms with van der Waals surface area (Å²) in [6.45, 7) is 0.903. The molecule has 0 saturated carbocycles. The van der Waals surface area contributed by atoms with E-state index < -0.39 is 34.8 Å². The molecule has 0 spiro atoms. The maximum atomic E-state index is 11.8. The fraction of sp³-hybridized carbons (Fsp3) is 1.00. The zero-order chi connectivity index (χ0) is 12.7. The Labute approximate surface area is 106 Å². The summed E-state index contributed by atoms with van der Waals surface area (Å²) in [7, 11) is -1.83. The first-order valence-electron chi connectivity index (χ1n) is 4.95. The molecule has 0 aliphatic rings. The molecule has 0 rings (SSSR count). The van der Waals surface area contributed by atoms with E-state index in [0.29, 0.717) is 13.0 Å². The first-order valence-corrected chi connectivity index (χ1v) is 6.61. The Hall–Kier alpha value is -0.0500. The second kappa shape index (κ2) is 8.96. The predicted octanol–water partition coefficient (Wildman–Crippen LogP) is 1.28. The first kappa shape index (κ1) is 19.3. The van der Waals surface area contributed by atoms with Crippen molar-refractivity contribution in [1.82, 2.24) is 10.0 Å². The van der Waals surface area contributed by atoms with Crippen molar-refractivity contribution in [2.75, 3.05) is 25.9 Å². The molecule has 0 amide bonds. The van der Waals surface area contributed by atoms with Crippen molar-refractivity contribution < 1.29 is 21.6 Å². The molecule has 0 saturated heterocycles. The number of halogens is 4. The number of alkyl halides is 3. The molecule has 0 fully saturated rings. The van der Waals surface area contributed by atoms with Crippen molar-refractivity contribution in [3.63, 3.8) is 0 Å². The highest BCUT2D eigenvalue weighted by Gasteiger charge is 2.27. The maximum Gasteiger partial charge on any atom is 0.389 e. The van der Waals surface area contributed by atoms with Crippen molar-refractivity contribution >= 4 is 22.4 Å². The van der Waals surface area contributed by atoms with Gasteiger partial charge in [-0.1, -0.05) is 0 Å². The number of rotatable bonds is 8. The van der Waals surface area contributed by atoms with E-state index >= 15 is 0 Å². The minimum atomic E-state index is -4.29. The van der Waals surface area contributed by atoms with E-state index in [1.807, 2.05) is 0 Å². The van der Waals surface area contributed by atoms with Gasteiger partial charge >= 0.3 is 6.18 Å². The second-order valence-corrected chi connectivity index (χ2v) is 5.32. The Morgan fingerprint density at radius 1 is 1.12 bits per heavy atom. The van der Waals surface area contributed by atoms with Crippen LogP contribution in [0.5, 0.6) is 0 Å². The topological polar surface area (TPSA) is 58.2 Å². The molecular formula is C8H18ClF3N2O2S. The van der Waals surface area contributed by atoms with Crippen LogP contribution in [-0.4, -0.2) is 40.5 Å². The first-order chi connectivity index (χ1) is 7.27. The third kappa shape index (κ3) is 13.9. The van der Waals surface area contributed by atoms with Gasteiger partial charge in [0.2, 0.25) is 10.0 Å². The minimum absolute atomic E-state index is 0. The van der Waals surface area contributed by atoms with Crippen LogP contribution in [0.3, 0.4) is 0 Å². The van der Waals surface area contributed by atoms with Crippen molar-refractivity contribution in [2.24, 2.45) is 0 Å². The molecule has 0 aromatic carbocycles. The van der Waals surface area contributed by atoms with Crippen LogP contribution in [0.2, 0.25) is 0 Å². The van der Waals surface area contributed by atoms with Crippen molar-refractivity contribution in [3.8, 4) is 0 Å². The summed E-state index contributed by atoms with van der Waals surface area (Å²) in [4.78, 5) is 0. The average Bonchev–Trinajstić information content (AvgIpc) is 2.10. The van der Waals surface area contributed by atoms with Gasteiger partial charge in [-0.15, -0.1) is 12.4 Å². The van der Waals surface area contributed by atoms with Gasteiger partial charge in [-0.25, -0.2) is 13.1 Å². The van der Waals surface area contributed by atoms with E-state index in [1.165, 1.54) is 0 Å². The van der Waals surface area contributed by atoms with Crippen molar-refractivity contribution in [1.29, 1.82) is 0 Å². The molecule has 0 radical (unpaired) electrons. The summed E-state index contributed by atoms with van der Waals surface area (Å²) >= 11 is 0. The molecule has 0 aromatic heterocycles. The molecule has 4 nitrogen and oxygen atoms in total. The van der Waals surface area contributed by atoms with Crippen LogP contribution in [-0.2, 0) is 10.0 Å². The molecule has 0 atom stereocenters. The van der Waals surface area contributed by atoms with E-state index in [-0.39, 0.29) is 19.0 Å². The number of nitrogens with one attached hydrogen (secondary N) is 2. The molecule has 0 aliphatic heterocycles. The largest absolute Gasteiger partial charge is 0.389 e. The molecule has 0 heterocycles. The van der Waals surface area contributed by atoms with Gasteiger partial charge in [-0.2, -0.15) is 13.2 Å². The van der Waals surface area contributed by atoms with Crippen LogP contribution in [0.25, 0.3) is 0 Å². The van der Waals surface area contributed by atoms with Crippen LogP contribution in [0.15, 0.2) is 0 Å². The lowest BCUT2D eigenvalue weighted by Gasteiger charge is -2.08. The van der Waals surface area contributed by atoms with Crippen molar-refractivity contribution in [3.05, 3.63) is 0 Å². The van der Waals surface area contributed by atoms with Crippen LogP contribution in [0, 0.1) is 0 Å². The Bertz CT molecular complexity index is 283. The fourth-order valence-electron chi connectivity index (χ4n) is 1.03. The van der Waals surface area contributed by atoms with Gasteiger partial charge in [0.15, 0.2) is 0 Å². The van der Waals surface area contributed by atoms with Gasteiger partial charge in [0.25, 0.3) is 0 Å². The SMILES string of the molecule is CNCCCNS(=O)(=O)CCCC(F)(F)F.Cl. The van der Waals surface area contributed by atoms with Gasteiger partial charge in [0.1, 0.15) is 0 Å². The van der Waals surface area contributed by atoms with Crippen LogP contribution in [0.1, 0.15) is 19.3 Å². The van der Waals surface area contributed by atoms with E-state index in [1.54, 1.807) is 7.05 Å². The normalized spacial score (nSPS) is 12.2. The summed E-state index contributed by atoms with van der Waals surface area (Å²) in [6, 6.07) is 0. The van der Waals surface area contributed by atoms with Crippen molar-refractivity contribution in [2.45, 2.75) is 25.4 Å². The molecule has 2 N–H and O–H groups in total. The molecule has 0 aliphatic carbocycles. The molecule has 0 unspecified atom stereocenters. The van der Waals surface area contributed by atoms with E-state index in [2.05, 4.69) is 10.0 Å². The van der Waals surface area contributed by atoms with E-state index in [9.17, 15) is 21.6 Å². The third-order valence-corrected chi connectivity index (χ3v) is 3.27. The lowest BCUT2D eigenvalue weighted by Crippen LogP contribution is -2.29. The Balaban J connectivity index is 0. The fourth-order valence-corrected chi connectivity index (χ4v) is 2.15. The summed E-state index contributed by atoms with van der Waals surface area (Å²) in [5.41, 5.74) is 0. The zero-order valence-electron chi connectivity index (χ0n) is 9.51. The Morgan fingerprint density at radius 3 is 2.18 bits per heavy atom. The Morgan fingerprint density at radius 2 is 1.71 bits per heavy atom. The summed E-state index contributed by atoms with van der Waals surface area (Å²) < 4.78 is 59.9. The lowest BCUT2D eigenvalue weighted by molar-refractivity contribution is -0.134. The summed E-state index contributed by atoms with van der Waals surface area (Å²) in [6.07, 6.45) is -5.15. The lowest BCUT2D eigenvalue weighted by atomic mass is 10.3. The average molecular weight is 299 g/mol. The summed E-state index contributed by atoms with van der Waals surface area (Å²) in [5, 5.41) is 2.83. The van der Waals surface area contributed by atoms with Crippen LogP contribution in [0.4, 0.5) is 13.2 Å². The second-order valence-electron chi connectivity index (χ2n) is 3.39. The van der Waals surface area contributed by atoms with Crippen LogP contribution < -0.4 is 10.0 Å². The number of sulfonamides is 1. The quantitative estimate of drug-likeness (QED) is 0.664. The Kier molecular flexibility index (Phi) is 10.2. The van der Waals surface area contributed by atoms with Crippen LogP contribution >= 0.6 is 12.4 Å². The highest BCUT2D eigenvalue weighted by molar-refractivity contribution is 7.89. The predicted molar refractivity (Wildman–Crippen MR) is 62.9 cm³/mol. The summed E-state index contributed by atoms with van der Waals surface area (Å²) in [5.74, 6) is -0.480. The molecule has 0 bridgehead atoms. The van der Waals surface area contributed by atoms with Gasteiger partial charge < -0.3 is 5.32 Å². The van der Waals surface area contributed by atoms with E-state index in [0.717, 1.165) is 0 Å². The standard InChI is InChI=1S/C8H17F3N2O2S.ClH/c1-12-5-3-6-13-16(14,15)7-2-4-8(9,10)11;/h12-13H,2-7H2,1H3;1H. The molecule has 106 valence electrons. The smallest absolute Gasteiger partial charge is 0.320 e. The minimum Gasteiger partial charge on any atom is -0.320 e. The highest BCUT2D eigenvalue weighted by Crippen LogP contribution is 2.21. The number of hydrogen-bond acceptors (Lipinski definition) is 3. The highest BCUT2D eigenvalue weighted by atomic mass is 35.5. The molecule has 9 heteroatoms. The monoisotopic (exact) mass is 298 g/mol. The molecule has 0 aromatic rings. The van der Waals surface area contributed by atoms with Gasteiger partial charge in [-0.05, 0) is 26.4 Å². The van der Waals surface area contributed by atoms with E-state index in [4.69, 9.17) is 0 Å². The molecule has 17 heavy (non-hydrogen) atoms.